The molecule has 0 amide bonds. The zero-order chi connectivity index (χ0) is 14.5. The van der Waals surface area contributed by atoms with Gasteiger partial charge in [-0.05, 0) is 31.5 Å². The zero-order valence-corrected chi connectivity index (χ0v) is 12.3. The fraction of sp³-hybridized carbons (Fsp3) is 0.308. The van der Waals surface area contributed by atoms with Crippen LogP contribution in [0.15, 0.2) is 18.2 Å². The predicted molar refractivity (Wildman–Crippen MR) is 80.0 cm³/mol. The third-order valence-electron chi connectivity index (χ3n) is 2.63. The van der Waals surface area contributed by atoms with Gasteiger partial charge in [-0.3, -0.25) is 0 Å². The third-order valence-corrected chi connectivity index (χ3v) is 3.04. The molecule has 20 heavy (non-hydrogen) atoms. The predicted octanol–water partition coefficient (Wildman–Crippen LogP) is 3.02. The highest BCUT2D eigenvalue weighted by atomic mass is 35.5. The highest BCUT2D eigenvalue weighted by Gasteiger charge is 2.08. The molecular weight excluding hydrogens is 278 g/mol. The van der Waals surface area contributed by atoms with E-state index in [2.05, 4.69) is 25.6 Å². The highest BCUT2D eigenvalue weighted by molar-refractivity contribution is 6.31. The minimum atomic E-state index is 0.272. The van der Waals surface area contributed by atoms with E-state index in [1.54, 1.807) is 7.05 Å². The van der Waals surface area contributed by atoms with Gasteiger partial charge in [0.2, 0.25) is 11.9 Å². The molecule has 0 aliphatic carbocycles. The lowest BCUT2D eigenvalue weighted by molar-refractivity contribution is 0.312. The maximum Gasteiger partial charge on any atom is 0.323 e. The lowest BCUT2D eigenvalue weighted by Gasteiger charge is -2.11. The second kappa shape index (κ2) is 6.38. The van der Waals surface area contributed by atoms with Crippen LogP contribution in [0, 0.1) is 6.92 Å². The quantitative estimate of drug-likeness (QED) is 0.883. The Balaban J connectivity index is 2.32. The van der Waals surface area contributed by atoms with Gasteiger partial charge >= 0.3 is 6.01 Å². The Kier molecular flexibility index (Phi) is 4.57. The summed E-state index contributed by atoms with van der Waals surface area (Å²) >= 11 is 6.09. The number of ether oxygens (including phenoxy) is 1. The Morgan fingerprint density at radius 1 is 1.20 bits per heavy atom. The van der Waals surface area contributed by atoms with E-state index >= 15 is 0 Å². The molecule has 0 radical (unpaired) electrons. The van der Waals surface area contributed by atoms with Gasteiger partial charge in [-0.2, -0.15) is 15.0 Å². The molecule has 2 aromatic rings. The van der Waals surface area contributed by atoms with Crippen LogP contribution in [-0.2, 0) is 0 Å². The molecule has 0 saturated heterocycles. The number of benzene rings is 1. The van der Waals surface area contributed by atoms with Crippen molar-refractivity contribution in [1.82, 2.24) is 15.0 Å². The number of aromatic nitrogens is 3. The molecule has 2 rings (SSSR count). The van der Waals surface area contributed by atoms with Gasteiger partial charge in [-0.25, -0.2) is 0 Å². The lowest BCUT2D eigenvalue weighted by Crippen LogP contribution is -2.07. The van der Waals surface area contributed by atoms with E-state index in [4.69, 9.17) is 16.3 Å². The average molecular weight is 294 g/mol. The first-order valence-electron chi connectivity index (χ1n) is 6.22. The van der Waals surface area contributed by atoms with E-state index in [-0.39, 0.29) is 6.01 Å². The zero-order valence-electron chi connectivity index (χ0n) is 11.6. The van der Waals surface area contributed by atoms with Crippen LogP contribution < -0.4 is 15.4 Å². The second-order valence-corrected chi connectivity index (χ2v) is 4.39. The minimum Gasteiger partial charge on any atom is -0.464 e. The monoisotopic (exact) mass is 293 g/mol. The third kappa shape index (κ3) is 3.27. The molecule has 0 unspecified atom stereocenters. The molecule has 6 nitrogen and oxygen atoms in total. The SMILES string of the molecule is CCOc1nc(NC)nc(Nc2cccc(Cl)c2C)n1. The number of rotatable bonds is 5. The van der Waals surface area contributed by atoms with Gasteiger partial charge < -0.3 is 15.4 Å². The molecule has 0 fully saturated rings. The number of nitrogens with one attached hydrogen (secondary N) is 2. The van der Waals surface area contributed by atoms with Gasteiger partial charge in [-0.1, -0.05) is 17.7 Å². The summed E-state index contributed by atoms with van der Waals surface area (Å²) in [5.41, 5.74) is 1.77. The molecule has 106 valence electrons. The summed E-state index contributed by atoms with van der Waals surface area (Å²) in [6, 6.07) is 5.88. The van der Waals surface area contributed by atoms with Crippen LogP contribution in [0.4, 0.5) is 17.6 Å². The molecule has 0 atom stereocenters. The summed E-state index contributed by atoms with van der Waals surface area (Å²) in [5.74, 6) is 0.837. The Hall–Kier alpha value is -2.08. The number of nitrogens with zero attached hydrogens (tertiary/aromatic N) is 3. The molecule has 0 spiro atoms. The van der Waals surface area contributed by atoms with Gasteiger partial charge in [-0.15, -0.1) is 0 Å². The van der Waals surface area contributed by atoms with Crippen LogP contribution in [0.1, 0.15) is 12.5 Å². The Morgan fingerprint density at radius 2 is 1.95 bits per heavy atom. The molecule has 1 aromatic heterocycles. The number of hydrogen-bond donors (Lipinski definition) is 2. The van der Waals surface area contributed by atoms with E-state index in [9.17, 15) is 0 Å². The van der Waals surface area contributed by atoms with Gasteiger partial charge in [0.1, 0.15) is 0 Å². The van der Waals surface area contributed by atoms with E-state index in [0.717, 1.165) is 11.3 Å². The van der Waals surface area contributed by atoms with E-state index in [1.165, 1.54) is 0 Å². The van der Waals surface area contributed by atoms with Crippen molar-refractivity contribution in [2.45, 2.75) is 13.8 Å². The fourth-order valence-electron chi connectivity index (χ4n) is 1.58. The topological polar surface area (TPSA) is 72.0 Å². The normalized spacial score (nSPS) is 10.2. The molecule has 0 bridgehead atoms. The van der Waals surface area contributed by atoms with Gasteiger partial charge in [0, 0.05) is 17.8 Å². The standard InChI is InChI=1S/C13H16ClN5O/c1-4-20-13-18-11(15-3)17-12(19-13)16-10-7-5-6-9(14)8(10)2/h5-7H,4H2,1-3H3,(H2,15,16,17,18,19). The number of anilines is 3. The molecule has 2 N–H and O–H groups in total. The van der Waals surface area contributed by atoms with Crippen LogP contribution in [0.2, 0.25) is 5.02 Å². The van der Waals surface area contributed by atoms with Crippen molar-refractivity contribution in [1.29, 1.82) is 0 Å². The van der Waals surface area contributed by atoms with Gasteiger partial charge in [0.05, 0.1) is 6.61 Å². The summed E-state index contributed by atoms with van der Waals surface area (Å²) < 4.78 is 5.31. The molecule has 7 heteroatoms. The largest absolute Gasteiger partial charge is 0.464 e. The molecular formula is C13H16ClN5O. The van der Waals surface area contributed by atoms with Crippen molar-refractivity contribution in [2.75, 3.05) is 24.3 Å². The molecule has 0 aliphatic heterocycles. The number of halogens is 1. The van der Waals surface area contributed by atoms with Crippen molar-refractivity contribution in [3.8, 4) is 6.01 Å². The van der Waals surface area contributed by atoms with Crippen LogP contribution in [0.3, 0.4) is 0 Å². The Bertz CT molecular complexity index is 605. The Labute approximate surface area is 122 Å². The van der Waals surface area contributed by atoms with Gasteiger partial charge in [0.15, 0.2) is 0 Å². The summed E-state index contributed by atoms with van der Waals surface area (Å²) in [5, 5.41) is 6.67. The summed E-state index contributed by atoms with van der Waals surface area (Å²) in [7, 11) is 1.74. The van der Waals surface area contributed by atoms with Crippen LogP contribution in [-0.4, -0.2) is 28.6 Å². The first-order valence-corrected chi connectivity index (χ1v) is 6.60. The summed E-state index contributed by atoms with van der Waals surface area (Å²) in [4.78, 5) is 12.5. The van der Waals surface area contributed by atoms with E-state index in [0.29, 0.717) is 23.5 Å². The smallest absolute Gasteiger partial charge is 0.323 e. The maximum absolute atomic E-state index is 6.09. The van der Waals surface area contributed by atoms with Crippen molar-refractivity contribution in [3.05, 3.63) is 28.8 Å². The summed E-state index contributed by atoms with van der Waals surface area (Å²) in [6.07, 6.45) is 0. The first-order chi connectivity index (χ1) is 9.63. The van der Waals surface area contributed by atoms with Crippen molar-refractivity contribution >= 4 is 29.2 Å². The lowest BCUT2D eigenvalue weighted by atomic mass is 10.2. The van der Waals surface area contributed by atoms with E-state index in [1.807, 2.05) is 32.0 Å². The first kappa shape index (κ1) is 14.3. The van der Waals surface area contributed by atoms with Crippen molar-refractivity contribution in [3.63, 3.8) is 0 Å². The molecule has 1 aromatic carbocycles. The maximum atomic E-state index is 6.09. The summed E-state index contributed by atoms with van der Waals surface area (Å²) in [6.45, 7) is 4.29. The molecule has 0 aliphatic rings. The van der Waals surface area contributed by atoms with Gasteiger partial charge in [0.25, 0.3) is 0 Å². The minimum absolute atomic E-state index is 0.272. The molecule has 1 heterocycles. The second-order valence-electron chi connectivity index (χ2n) is 3.99. The average Bonchev–Trinajstić information content (AvgIpc) is 2.44. The van der Waals surface area contributed by atoms with Crippen LogP contribution in [0.5, 0.6) is 6.01 Å². The highest BCUT2D eigenvalue weighted by Crippen LogP contribution is 2.25. The fourth-order valence-corrected chi connectivity index (χ4v) is 1.76. The molecule has 0 saturated carbocycles. The number of hydrogen-bond acceptors (Lipinski definition) is 6. The van der Waals surface area contributed by atoms with Crippen LogP contribution in [0.25, 0.3) is 0 Å². The van der Waals surface area contributed by atoms with Crippen molar-refractivity contribution < 1.29 is 4.74 Å². The Morgan fingerprint density at radius 3 is 2.65 bits per heavy atom. The van der Waals surface area contributed by atoms with Crippen LogP contribution >= 0.6 is 11.6 Å². The van der Waals surface area contributed by atoms with E-state index < -0.39 is 0 Å². The van der Waals surface area contributed by atoms with Crippen molar-refractivity contribution in [2.24, 2.45) is 0 Å².